The van der Waals surface area contributed by atoms with Crippen LogP contribution in [0.4, 0.5) is 0 Å². The Morgan fingerprint density at radius 3 is 2.56 bits per heavy atom. The lowest BCUT2D eigenvalue weighted by Crippen LogP contribution is -1.92. The Morgan fingerprint density at radius 2 is 1.88 bits per heavy atom. The molecule has 2 nitrogen and oxygen atoms in total. The van der Waals surface area contributed by atoms with Crippen molar-refractivity contribution >= 4 is 23.4 Å². The van der Waals surface area contributed by atoms with Crippen LogP contribution in [0.1, 0.15) is 11.5 Å². The molecule has 0 radical (unpaired) electrons. The maximum absolute atomic E-state index is 6.05. The van der Waals surface area contributed by atoms with Gasteiger partial charge in [0.2, 0.25) is 0 Å². The van der Waals surface area contributed by atoms with Crippen LogP contribution in [-0.2, 0) is 12.3 Å². The molecule has 2 aromatic rings. The summed E-state index contributed by atoms with van der Waals surface area (Å²) in [6, 6.07) is 11.6. The van der Waals surface area contributed by atoms with Crippen LogP contribution in [0.2, 0.25) is 5.02 Å². The summed E-state index contributed by atoms with van der Waals surface area (Å²) in [4.78, 5) is 1.06. The average Bonchev–Trinajstić information content (AvgIpc) is 2.76. The van der Waals surface area contributed by atoms with Gasteiger partial charge in [0.05, 0.1) is 17.3 Å². The lowest BCUT2D eigenvalue weighted by atomic mass is 10.4. The van der Waals surface area contributed by atoms with Crippen LogP contribution < -0.4 is 5.73 Å². The molecule has 1 aromatic heterocycles. The first-order valence-electron chi connectivity index (χ1n) is 4.94. The van der Waals surface area contributed by atoms with Crippen molar-refractivity contribution in [1.29, 1.82) is 0 Å². The number of thioether (sulfide) groups is 1. The lowest BCUT2D eigenvalue weighted by molar-refractivity contribution is 0.482. The minimum absolute atomic E-state index is 0.441. The first-order valence-corrected chi connectivity index (χ1v) is 6.31. The van der Waals surface area contributed by atoms with Gasteiger partial charge in [0.15, 0.2) is 0 Å². The quantitative estimate of drug-likeness (QED) is 0.845. The minimum Gasteiger partial charge on any atom is -0.464 e. The van der Waals surface area contributed by atoms with Crippen molar-refractivity contribution in [2.75, 3.05) is 0 Å². The van der Waals surface area contributed by atoms with Gasteiger partial charge < -0.3 is 10.2 Å². The molecule has 0 fully saturated rings. The molecule has 0 aliphatic heterocycles. The molecule has 0 amide bonds. The molecule has 2 rings (SSSR count). The monoisotopic (exact) mass is 253 g/mol. The number of hydrogen-bond acceptors (Lipinski definition) is 3. The van der Waals surface area contributed by atoms with Crippen LogP contribution in [0, 0.1) is 0 Å². The molecular formula is C12H12ClNOS. The molecule has 16 heavy (non-hydrogen) atoms. The highest BCUT2D eigenvalue weighted by molar-refractivity contribution is 7.98. The van der Waals surface area contributed by atoms with Gasteiger partial charge in [0.1, 0.15) is 11.5 Å². The SMILES string of the molecule is NCc1ccc(CSc2ccccc2Cl)o1. The number of hydrogen-bond donors (Lipinski definition) is 1. The summed E-state index contributed by atoms with van der Waals surface area (Å²) >= 11 is 7.71. The van der Waals surface area contributed by atoms with Gasteiger partial charge in [-0.25, -0.2) is 0 Å². The zero-order valence-electron chi connectivity index (χ0n) is 8.65. The third-order valence-electron chi connectivity index (χ3n) is 2.13. The summed E-state index contributed by atoms with van der Waals surface area (Å²) in [5.74, 6) is 2.50. The molecule has 84 valence electrons. The van der Waals surface area contributed by atoms with Crippen molar-refractivity contribution in [3.05, 3.63) is 52.9 Å². The van der Waals surface area contributed by atoms with Gasteiger partial charge in [-0.1, -0.05) is 23.7 Å². The molecule has 0 unspecified atom stereocenters. The smallest absolute Gasteiger partial charge is 0.117 e. The first-order chi connectivity index (χ1) is 7.79. The summed E-state index contributed by atoms with van der Waals surface area (Å²) < 4.78 is 5.51. The second kappa shape index (κ2) is 5.43. The molecule has 0 saturated heterocycles. The van der Waals surface area contributed by atoms with Crippen LogP contribution in [-0.4, -0.2) is 0 Å². The highest BCUT2D eigenvalue weighted by Crippen LogP contribution is 2.29. The van der Waals surface area contributed by atoms with Crippen molar-refractivity contribution in [3.63, 3.8) is 0 Å². The number of furan rings is 1. The Labute approximate surface area is 104 Å². The Balaban J connectivity index is 1.99. The number of halogens is 1. The average molecular weight is 254 g/mol. The van der Waals surface area contributed by atoms with E-state index in [1.807, 2.05) is 36.4 Å². The van der Waals surface area contributed by atoms with Crippen molar-refractivity contribution in [3.8, 4) is 0 Å². The Hall–Kier alpha value is -0.900. The summed E-state index contributed by atoms with van der Waals surface area (Å²) in [5.41, 5.74) is 5.47. The van der Waals surface area contributed by atoms with E-state index in [0.717, 1.165) is 27.2 Å². The molecule has 0 saturated carbocycles. The number of nitrogens with two attached hydrogens (primary N) is 1. The molecule has 0 bridgehead atoms. The second-order valence-corrected chi connectivity index (χ2v) is 4.72. The molecule has 0 aliphatic carbocycles. The normalized spacial score (nSPS) is 10.6. The van der Waals surface area contributed by atoms with Gasteiger partial charge in [-0.2, -0.15) is 0 Å². The fourth-order valence-electron chi connectivity index (χ4n) is 1.32. The molecule has 1 aromatic carbocycles. The molecule has 1 heterocycles. The van der Waals surface area contributed by atoms with E-state index in [0.29, 0.717) is 6.54 Å². The van der Waals surface area contributed by atoms with E-state index >= 15 is 0 Å². The highest BCUT2D eigenvalue weighted by Gasteiger charge is 2.04. The third kappa shape index (κ3) is 2.82. The van der Waals surface area contributed by atoms with Crippen LogP contribution in [0.25, 0.3) is 0 Å². The molecule has 2 N–H and O–H groups in total. The Bertz CT molecular complexity index is 470. The van der Waals surface area contributed by atoms with E-state index in [4.69, 9.17) is 21.8 Å². The van der Waals surface area contributed by atoms with E-state index < -0.39 is 0 Å². The molecular weight excluding hydrogens is 242 g/mol. The topological polar surface area (TPSA) is 39.2 Å². The van der Waals surface area contributed by atoms with Gasteiger partial charge in [-0.05, 0) is 24.3 Å². The second-order valence-electron chi connectivity index (χ2n) is 3.29. The van der Waals surface area contributed by atoms with Crippen molar-refractivity contribution < 1.29 is 4.42 Å². The van der Waals surface area contributed by atoms with Crippen molar-refractivity contribution in [2.24, 2.45) is 5.73 Å². The largest absolute Gasteiger partial charge is 0.464 e. The van der Waals surface area contributed by atoms with Crippen LogP contribution >= 0.6 is 23.4 Å². The van der Waals surface area contributed by atoms with Crippen molar-refractivity contribution in [2.45, 2.75) is 17.2 Å². The van der Waals surface area contributed by atoms with Crippen LogP contribution in [0.15, 0.2) is 45.7 Å². The highest BCUT2D eigenvalue weighted by atomic mass is 35.5. The van der Waals surface area contributed by atoms with Gasteiger partial charge >= 0.3 is 0 Å². The lowest BCUT2D eigenvalue weighted by Gasteiger charge is -2.01. The van der Waals surface area contributed by atoms with E-state index in [9.17, 15) is 0 Å². The predicted molar refractivity (Wildman–Crippen MR) is 67.6 cm³/mol. The molecule has 0 atom stereocenters. The summed E-state index contributed by atoms with van der Waals surface area (Å²) in [6.45, 7) is 0.441. The summed E-state index contributed by atoms with van der Waals surface area (Å²) in [7, 11) is 0. The Kier molecular flexibility index (Phi) is 3.93. The van der Waals surface area contributed by atoms with E-state index in [2.05, 4.69) is 0 Å². The number of rotatable bonds is 4. The maximum Gasteiger partial charge on any atom is 0.117 e. The third-order valence-corrected chi connectivity index (χ3v) is 3.66. The van der Waals surface area contributed by atoms with Crippen LogP contribution in [0.3, 0.4) is 0 Å². The Morgan fingerprint density at radius 1 is 1.12 bits per heavy atom. The molecule has 4 heteroatoms. The van der Waals surface area contributed by atoms with E-state index in [1.54, 1.807) is 11.8 Å². The van der Waals surface area contributed by atoms with Gasteiger partial charge in [0.25, 0.3) is 0 Å². The fourth-order valence-corrected chi connectivity index (χ4v) is 2.45. The zero-order valence-corrected chi connectivity index (χ0v) is 10.2. The number of benzene rings is 1. The first kappa shape index (κ1) is 11.6. The zero-order chi connectivity index (χ0) is 11.4. The van der Waals surface area contributed by atoms with Gasteiger partial charge in [0, 0.05) is 4.90 Å². The van der Waals surface area contributed by atoms with Crippen molar-refractivity contribution in [1.82, 2.24) is 0 Å². The summed E-state index contributed by atoms with van der Waals surface area (Å²) in [6.07, 6.45) is 0. The van der Waals surface area contributed by atoms with E-state index in [1.165, 1.54) is 0 Å². The fraction of sp³-hybridized carbons (Fsp3) is 0.167. The molecule has 0 spiro atoms. The van der Waals surface area contributed by atoms with Gasteiger partial charge in [-0.15, -0.1) is 11.8 Å². The molecule has 0 aliphatic rings. The maximum atomic E-state index is 6.05. The standard InChI is InChI=1S/C12H12ClNOS/c13-11-3-1-2-4-12(11)16-8-10-6-5-9(7-14)15-10/h1-6H,7-8,14H2. The predicted octanol–water partition coefficient (Wildman–Crippen LogP) is 3.68. The van der Waals surface area contributed by atoms with E-state index in [-0.39, 0.29) is 0 Å². The van der Waals surface area contributed by atoms with Gasteiger partial charge in [-0.3, -0.25) is 0 Å². The minimum atomic E-state index is 0.441. The summed E-state index contributed by atoms with van der Waals surface area (Å²) in [5, 5.41) is 0.776. The van der Waals surface area contributed by atoms with Crippen LogP contribution in [0.5, 0.6) is 0 Å².